The molecule has 1 aliphatic carbocycles. The summed E-state index contributed by atoms with van der Waals surface area (Å²) < 4.78 is 1.79. The second kappa shape index (κ2) is 6.41. The van der Waals surface area contributed by atoms with E-state index in [1.807, 2.05) is 20.0 Å². The number of hydrogen-bond acceptors (Lipinski definition) is 4. The lowest BCUT2D eigenvalue weighted by atomic mass is 10.1. The average molecular weight is 341 g/mol. The van der Waals surface area contributed by atoms with Gasteiger partial charge in [-0.1, -0.05) is 6.92 Å². The molecular weight excluding hydrogens is 314 g/mol. The predicted octanol–water partition coefficient (Wildman–Crippen LogP) is 2.37. The molecule has 1 atom stereocenters. The number of fused-ring (bicyclic) bond motifs is 1. The van der Waals surface area contributed by atoms with Crippen molar-refractivity contribution in [3.8, 4) is 0 Å². The van der Waals surface area contributed by atoms with E-state index in [0.29, 0.717) is 18.5 Å². The van der Waals surface area contributed by atoms with Crippen LogP contribution in [0.15, 0.2) is 6.07 Å². The van der Waals surface area contributed by atoms with E-state index in [1.54, 1.807) is 4.68 Å². The van der Waals surface area contributed by atoms with Gasteiger partial charge in [-0.05, 0) is 51.8 Å². The molecule has 6 nitrogen and oxygen atoms in total. The van der Waals surface area contributed by atoms with E-state index >= 15 is 0 Å². The topological polar surface area (TPSA) is 63.1 Å². The van der Waals surface area contributed by atoms with Crippen LogP contribution in [0.5, 0.6) is 0 Å². The molecule has 0 radical (unpaired) electrons. The van der Waals surface area contributed by atoms with Gasteiger partial charge >= 0.3 is 0 Å². The van der Waals surface area contributed by atoms with Crippen LogP contribution < -0.4 is 5.32 Å². The van der Waals surface area contributed by atoms with Gasteiger partial charge in [-0.25, -0.2) is 4.98 Å². The van der Waals surface area contributed by atoms with Crippen molar-refractivity contribution in [3.05, 3.63) is 23.0 Å². The molecule has 0 unspecified atom stereocenters. The minimum absolute atomic E-state index is 0.00773. The summed E-state index contributed by atoms with van der Waals surface area (Å²) in [6, 6.07) is 2.46. The van der Waals surface area contributed by atoms with Crippen LogP contribution in [0.3, 0.4) is 0 Å². The second-order valence-corrected chi connectivity index (χ2v) is 7.41. The lowest BCUT2D eigenvalue weighted by Crippen LogP contribution is -2.40. The van der Waals surface area contributed by atoms with Crippen molar-refractivity contribution in [2.45, 2.75) is 51.5 Å². The van der Waals surface area contributed by atoms with Gasteiger partial charge in [-0.3, -0.25) is 14.4 Å². The number of nitrogens with zero attached hydrogens (tertiary/aromatic N) is 4. The van der Waals surface area contributed by atoms with E-state index in [9.17, 15) is 4.79 Å². The van der Waals surface area contributed by atoms with Gasteiger partial charge in [0.1, 0.15) is 0 Å². The van der Waals surface area contributed by atoms with E-state index in [4.69, 9.17) is 4.98 Å². The summed E-state index contributed by atoms with van der Waals surface area (Å²) in [5, 5.41) is 8.55. The molecule has 1 aliphatic heterocycles. The highest BCUT2D eigenvalue weighted by molar-refractivity contribution is 6.06. The lowest BCUT2D eigenvalue weighted by molar-refractivity contribution is 0.0943. The monoisotopic (exact) mass is 341 g/mol. The Labute approximate surface area is 148 Å². The number of rotatable bonds is 5. The van der Waals surface area contributed by atoms with Crippen molar-refractivity contribution in [3.63, 3.8) is 0 Å². The molecule has 6 heteroatoms. The maximum absolute atomic E-state index is 13.0. The molecule has 25 heavy (non-hydrogen) atoms. The van der Waals surface area contributed by atoms with E-state index < -0.39 is 0 Å². The minimum atomic E-state index is 0.00773. The first kappa shape index (κ1) is 16.5. The minimum Gasteiger partial charge on any atom is -0.350 e. The van der Waals surface area contributed by atoms with Crippen LogP contribution in [0, 0.1) is 6.92 Å². The number of pyridine rings is 1. The van der Waals surface area contributed by atoms with Crippen LogP contribution in [-0.4, -0.2) is 51.2 Å². The summed E-state index contributed by atoms with van der Waals surface area (Å²) in [5.41, 5.74) is 3.46. The number of hydrogen-bond donors (Lipinski definition) is 1. The summed E-state index contributed by atoms with van der Waals surface area (Å²) in [7, 11) is 1.90. The zero-order valence-electron chi connectivity index (χ0n) is 15.4. The fraction of sp³-hybridized carbons (Fsp3) is 0.632. The van der Waals surface area contributed by atoms with Crippen LogP contribution in [0.1, 0.15) is 60.3 Å². The summed E-state index contributed by atoms with van der Waals surface area (Å²) in [6.07, 6.45) is 4.73. The molecule has 1 saturated carbocycles. The highest BCUT2D eigenvalue weighted by Gasteiger charge is 2.29. The summed E-state index contributed by atoms with van der Waals surface area (Å²) >= 11 is 0. The summed E-state index contributed by atoms with van der Waals surface area (Å²) in [4.78, 5) is 20.2. The number of aryl methyl sites for hydroxylation is 2. The maximum atomic E-state index is 13.0. The van der Waals surface area contributed by atoms with Crippen molar-refractivity contribution in [1.29, 1.82) is 0 Å². The highest BCUT2D eigenvalue weighted by atomic mass is 16.1. The van der Waals surface area contributed by atoms with Crippen LogP contribution >= 0.6 is 0 Å². The Hall–Kier alpha value is -1.95. The maximum Gasteiger partial charge on any atom is 0.252 e. The van der Waals surface area contributed by atoms with Gasteiger partial charge in [0.15, 0.2) is 5.65 Å². The fourth-order valence-corrected chi connectivity index (χ4v) is 4.08. The molecular formula is C19H27N5O. The number of aromatic nitrogens is 3. The van der Waals surface area contributed by atoms with E-state index in [-0.39, 0.29) is 5.91 Å². The second-order valence-electron chi connectivity index (χ2n) is 7.41. The number of amides is 1. The molecule has 134 valence electrons. The van der Waals surface area contributed by atoms with Gasteiger partial charge < -0.3 is 5.32 Å². The Balaban J connectivity index is 1.62. The molecule has 0 spiro atoms. The molecule has 0 bridgehead atoms. The molecule has 3 heterocycles. The van der Waals surface area contributed by atoms with Gasteiger partial charge in [0.05, 0.1) is 16.6 Å². The van der Waals surface area contributed by atoms with Crippen LogP contribution in [0.4, 0.5) is 0 Å². The van der Waals surface area contributed by atoms with Crippen LogP contribution in [0.2, 0.25) is 0 Å². The molecule has 1 saturated heterocycles. The molecule has 0 aromatic carbocycles. The first-order valence-corrected chi connectivity index (χ1v) is 9.45. The summed E-state index contributed by atoms with van der Waals surface area (Å²) in [5.74, 6) is 0.518. The normalized spacial score (nSPS) is 21.2. The van der Waals surface area contributed by atoms with E-state index in [1.165, 1.54) is 25.7 Å². The molecule has 4 rings (SSSR count). The van der Waals surface area contributed by atoms with Gasteiger partial charge in [0.25, 0.3) is 5.91 Å². The molecule has 1 N–H and O–H groups in total. The van der Waals surface area contributed by atoms with E-state index in [2.05, 4.69) is 22.2 Å². The molecule has 1 amide bonds. The lowest BCUT2D eigenvalue weighted by Gasteiger charge is -2.23. The van der Waals surface area contributed by atoms with Crippen LogP contribution in [0.25, 0.3) is 11.0 Å². The third kappa shape index (κ3) is 3.03. The van der Waals surface area contributed by atoms with Crippen molar-refractivity contribution < 1.29 is 4.79 Å². The van der Waals surface area contributed by atoms with Crippen molar-refractivity contribution in [2.24, 2.45) is 7.05 Å². The Morgan fingerprint density at radius 3 is 2.88 bits per heavy atom. The van der Waals surface area contributed by atoms with Gasteiger partial charge in [-0.15, -0.1) is 0 Å². The Kier molecular flexibility index (Phi) is 4.23. The highest BCUT2D eigenvalue weighted by Crippen LogP contribution is 2.40. The Morgan fingerprint density at radius 1 is 1.36 bits per heavy atom. The van der Waals surface area contributed by atoms with Crippen molar-refractivity contribution in [1.82, 2.24) is 25.0 Å². The van der Waals surface area contributed by atoms with Gasteiger partial charge in [-0.2, -0.15) is 5.10 Å². The predicted molar refractivity (Wildman–Crippen MR) is 97.8 cm³/mol. The molecule has 2 aliphatic rings. The summed E-state index contributed by atoms with van der Waals surface area (Å²) in [6.45, 7) is 7.05. The third-order valence-corrected chi connectivity index (χ3v) is 5.63. The van der Waals surface area contributed by atoms with E-state index in [0.717, 1.165) is 41.1 Å². The number of likely N-dealkylation sites (tertiary alicyclic amines) is 1. The van der Waals surface area contributed by atoms with Gasteiger partial charge in [0, 0.05) is 31.2 Å². The Bertz CT molecular complexity index is 808. The van der Waals surface area contributed by atoms with Crippen LogP contribution in [-0.2, 0) is 7.05 Å². The van der Waals surface area contributed by atoms with Crippen molar-refractivity contribution >= 4 is 16.9 Å². The molecule has 2 fully saturated rings. The Morgan fingerprint density at radius 2 is 2.16 bits per heavy atom. The average Bonchev–Trinajstić information content (AvgIpc) is 3.29. The van der Waals surface area contributed by atoms with Gasteiger partial charge in [0.2, 0.25) is 0 Å². The number of nitrogens with one attached hydrogen (secondary N) is 1. The zero-order chi connectivity index (χ0) is 17.6. The number of carbonyl (C=O) groups is 1. The number of carbonyl (C=O) groups excluding carboxylic acids is 1. The fourth-order valence-electron chi connectivity index (χ4n) is 4.08. The first-order chi connectivity index (χ1) is 12.1. The largest absolute Gasteiger partial charge is 0.350 e. The molecule has 2 aromatic rings. The molecule has 2 aromatic heterocycles. The number of likely N-dealkylation sites (N-methyl/N-ethyl adjacent to an activating group) is 1. The zero-order valence-corrected chi connectivity index (χ0v) is 15.4. The SMILES string of the molecule is CCN1CCC[C@@H]1CNC(=O)c1cc(C2CC2)nc2c1c(C)nn2C. The third-order valence-electron chi connectivity index (χ3n) is 5.63. The quantitative estimate of drug-likeness (QED) is 0.907. The first-order valence-electron chi connectivity index (χ1n) is 9.45. The van der Waals surface area contributed by atoms with Crippen molar-refractivity contribution in [2.75, 3.05) is 19.6 Å². The smallest absolute Gasteiger partial charge is 0.252 e. The standard InChI is InChI=1S/C19H27N5O/c1-4-24-9-5-6-14(24)11-20-19(25)15-10-16(13-7-8-13)21-18-17(15)12(2)22-23(18)3/h10,13-14H,4-9,11H2,1-3H3,(H,20,25)/t14-/m1/s1.